The van der Waals surface area contributed by atoms with Crippen molar-refractivity contribution in [3.63, 3.8) is 0 Å². The lowest BCUT2D eigenvalue weighted by atomic mass is 9.98. The number of piperidine rings is 1. The van der Waals surface area contributed by atoms with E-state index in [4.69, 9.17) is 0 Å². The van der Waals surface area contributed by atoms with Crippen LogP contribution in [0.5, 0.6) is 0 Å². The summed E-state index contributed by atoms with van der Waals surface area (Å²) in [5, 5.41) is 5.70. The summed E-state index contributed by atoms with van der Waals surface area (Å²) < 4.78 is 27.1. The van der Waals surface area contributed by atoms with Crippen LogP contribution in [0.4, 0.5) is 0 Å². The number of carbonyl (C=O) groups is 2. The van der Waals surface area contributed by atoms with E-state index in [1.54, 1.807) is 42.1 Å². The lowest BCUT2D eigenvalue weighted by molar-refractivity contribution is -0.132. The summed E-state index contributed by atoms with van der Waals surface area (Å²) in [7, 11) is -3.63. The van der Waals surface area contributed by atoms with Gasteiger partial charge in [-0.15, -0.1) is 0 Å². The smallest absolute Gasteiger partial charge is 0.243 e. The Balaban J connectivity index is 2.06. The van der Waals surface area contributed by atoms with Gasteiger partial charge in [0.05, 0.1) is 10.8 Å². The van der Waals surface area contributed by atoms with Crippen LogP contribution in [-0.2, 0) is 19.6 Å². The zero-order valence-electron chi connectivity index (χ0n) is 17.3. The first-order chi connectivity index (χ1) is 13.8. The van der Waals surface area contributed by atoms with E-state index in [2.05, 4.69) is 10.6 Å². The number of amides is 2. The van der Waals surface area contributed by atoms with E-state index in [-0.39, 0.29) is 29.3 Å². The van der Waals surface area contributed by atoms with Gasteiger partial charge in [0.2, 0.25) is 21.8 Å². The fourth-order valence-electron chi connectivity index (χ4n) is 3.30. The van der Waals surface area contributed by atoms with Gasteiger partial charge >= 0.3 is 0 Å². The topological polar surface area (TPSA) is 95.6 Å². The van der Waals surface area contributed by atoms with Crippen molar-refractivity contribution in [2.45, 2.75) is 50.1 Å². The summed E-state index contributed by atoms with van der Waals surface area (Å²) in [5.41, 5.74) is 0. The van der Waals surface area contributed by atoms with Crippen molar-refractivity contribution in [2.75, 3.05) is 25.1 Å². The van der Waals surface area contributed by atoms with Crippen LogP contribution < -0.4 is 10.6 Å². The molecule has 2 atom stereocenters. The summed E-state index contributed by atoms with van der Waals surface area (Å²) in [5.74, 6) is -0.184. The van der Waals surface area contributed by atoms with Crippen LogP contribution in [0.1, 0.15) is 33.1 Å². The van der Waals surface area contributed by atoms with Crippen molar-refractivity contribution in [3.8, 4) is 0 Å². The van der Waals surface area contributed by atoms with Gasteiger partial charge in [0.15, 0.2) is 0 Å². The first-order valence-corrected chi connectivity index (χ1v) is 12.7. The molecule has 2 amide bonds. The Bertz CT molecular complexity index is 784. The van der Waals surface area contributed by atoms with Crippen molar-refractivity contribution >= 4 is 33.6 Å². The standard InChI is InChI=1S/C20H31N3O4S2/c1-15(2)21-20(25)18(11-13-28-3)22-19(24)16-8-7-12-23(14-16)29(26,27)17-9-5-4-6-10-17/h4-6,9-10,15-16,18H,7-8,11-14H2,1-3H3,(H,21,25)(H,22,24)/t16?,18-/m0/s1. The van der Waals surface area contributed by atoms with Crippen molar-refractivity contribution in [2.24, 2.45) is 5.92 Å². The Hall–Kier alpha value is -1.58. The minimum Gasteiger partial charge on any atom is -0.352 e. The lowest BCUT2D eigenvalue weighted by Gasteiger charge is -2.32. The number of rotatable bonds is 9. The third-order valence-electron chi connectivity index (χ3n) is 4.81. The summed E-state index contributed by atoms with van der Waals surface area (Å²) in [6, 6.07) is 7.63. The van der Waals surface area contributed by atoms with Crippen LogP contribution in [0.25, 0.3) is 0 Å². The molecule has 162 valence electrons. The third-order valence-corrected chi connectivity index (χ3v) is 7.33. The highest BCUT2D eigenvalue weighted by Crippen LogP contribution is 2.24. The zero-order valence-corrected chi connectivity index (χ0v) is 18.9. The number of carbonyl (C=O) groups excluding carboxylic acids is 2. The molecule has 9 heteroatoms. The summed E-state index contributed by atoms with van der Waals surface area (Å²) in [6.07, 6.45) is 3.70. The molecule has 1 saturated heterocycles. The number of nitrogens with zero attached hydrogens (tertiary/aromatic N) is 1. The van der Waals surface area contributed by atoms with Gasteiger partial charge in [-0.2, -0.15) is 16.1 Å². The average Bonchev–Trinajstić information content (AvgIpc) is 2.71. The van der Waals surface area contributed by atoms with E-state index >= 15 is 0 Å². The Morgan fingerprint density at radius 1 is 1.21 bits per heavy atom. The lowest BCUT2D eigenvalue weighted by Crippen LogP contribution is -2.52. The summed E-state index contributed by atoms with van der Waals surface area (Å²) in [6.45, 7) is 4.27. The monoisotopic (exact) mass is 441 g/mol. The van der Waals surface area contributed by atoms with E-state index in [0.29, 0.717) is 25.8 Å². The fourth-order valence-corrected chi connectivity index (χ4v) is 5.31. The van der Waals surface area contributed by atoms with Crippen molar-refractivity contribution in [3.05, 3.63) is 30.3 Å². The normalized spacial score (nSPS) is 19.0. The van der Waals surface area contributed by atoms with Crippen LogP contribution >= 0.6 is 11.8 Å². The zero-order chi connectivity index (χ0) is 21.4. The van der Waals surface area contributed by atoms with E-state index in [9.17, 15) is 18.0 Å². The third kappa shape index (κ3) is 6.72. The number of hydrogen-bond donors (Lipinski definition) is 2. The van der Waals surface area contributed by atoms with Crippen molar-refractivity contribution < 1.29 is 18.0 Å². The second-order valence-electron chi connectivity index (χ2n) is 7.52. The predicted molar refractivity (Wildman–Crippen MR) is 116 cm³/mol. The van der Waals surface area contributed by atoms with Gasteiger partial charge in [-0.1, -0.05) is 18.2 Å². The van der Waals surface area contributed by atoms with Crippen LogP contribution in [0, 0.1) is 5.92 Å². The number of nitrogens with one attached hydrogen (secondary N) is 2. The molecule has 0 radical (unpaired) electrons. The highest BCUT2D eigenvalue weighted by atomic mass is 32.2. The number of benzene rings is 1. The van der Waals surface area contributed by atoms with Gasteiger partial charge in [0, 0.05) is 19.1 Å². The first kappa shape index (κ1) is 23.7. The molecule has 0 bridgehead atoms. The van der Waals surface area contributed by atoms with Gasteiger partial charge in [0.1, 0.15) is 6.04 Å². The highest BCUT2D eigenvalue weighted by molar-refractivity contribution is 7.98. The molecule has 0 saturated carbocycles. The Morgan fingerprint density at radius 2 is 1.90 bits per heavy atom. The highest BCUT2D eigenvalue weighted by Gasteiger charge is 2.34. The van der Waals surface area contributed by atoms with Gasteiger partial charge < -0.3 is 10.6 Å². The Labute approximate surface area is 178 Å². The van der Waals surface area contributed by atoms with Crippen LogP contribution in [0.3, 0.4) is 0 Å². The molecular formula is C20H31N3O4S2. The Morgan fingerprint density at radius 3 is 2.52 bits per heavy atom. The Kier molecular flexibility index (Phi) is 8.98. The number of hydrogen-bond acceptors (Lipinski definition) is 5. The maximum Gasteiger partial charge on any atom is 0.243 e. The maximum atomic E-state index is 12.9. The van der Waals surface area contributed by atoms with Gasteiger partial charge in [0.25, 0.3) is 0 Å². The second-order valence-corrected chi connectivity index (χ2v) is 10.4. The molecule has 1 fully saturated rings. The van der Waals surface area contributed by atoms with E-state index < -0.39 is 22.0 Å². The maximum absolute atomic E-state index is 12.9. The van der Waals surface area contributed by atoms with Crippen LogP contribution in [0.2, 0.25) is 0 Å². The largest absolute Gasteiger partial charge is 0.352 e. The minimum absolute atomic E-state index is 0.0163. The van der Waals surface area contributed by atoms with Gasteiger partial charge in [-0.25, -0.2) is 8.42 Å². The average molecular weight is 442 g/mol. The first-order valence-electron chi connectivity index (χ1n) is 9.90. The van der Waals surface area contributed by atoms with Gasteiger partial charge in [-0.05, 0) is 57.3 Å². The molecule has 1 unspecified atom stereocenters. The molecule has 2 rings (SSSR count). The number of thioether (sulfide) groups is 1. The van der Waals surface area contributed by atoms with E-state index in [1.165, 1.54) is 4.31 Å². The second kappa shape index (κ2) is 11.0. The molecule has 7 nitrogen and oxygen atoms in total. The molecule has 1 aromatic rings. The minimum atomic E-state index is -3.63. The molecule has 0 spiro atoms. The van der Waals surface area contributed by atoms with Crippen molar-refractivity contribution in [1.29, 1.82) is 0 Å². The quantitative estimate of drug-likeness (QED) is 0.610. The van der Waals surface area contributed by atoms with Crippen LogP contribution in [0.15, 0.2) is 35.2 Å². The molecule has 0 aromatic heterocycles. The summed E-state index contributed by atoms with van der Waals surface area (Å²) in [4.78, 5) is 25.5. The van der Waals surface area contributed by atoms with E-state index in [0.717, 1.165) is 5.75 Å². The fraction of sp³-hybridized carbons (Fsp3) is 0.600. The molecule has 1 aliphatic rings. The molecule has 2 N–H and O–H groups in total. The van der Waals surface area contributed by atoms with E-state index in [1.807, 2.05) is 20.1 Å². The molecule has 29 heavy (non-hydrogen) atoms. The molecule has 0 aliphatic carbocycles. The van der Waals surface area contributed by atoms with Crippen LogP contribution in [-0.4, -0.2) is 61.7 Å². The SMILES string of the molecule is CSCC[C@H](NC(=O)C1CCCN(S(=O)(=O)c2ccccc2)C1)C(=O)NC(C)C. The van der Waals surface area contributed by atoms with Gasteiger partial charge in [-0.3, -0.25) is 9.59 Å². The molecule has 1 aliphatic heterocycles. The molecule has 1 aromatic carbocycles. The predicted octanol–water partition coefficient (Wildman–Crippen LogP) is 1.85. The summed E-state index contributed by atoms with van der Waals surface area (Å²) >= 11 is 1.61. The molecular weight excluding hydrogens is 410 g/mol. The van der Waals surface area contributed by atoms with Crippen molar-refractivity contribution in [1.82, 2.24) is 14.9 Å². The molecule has 1 heterocycles. The number of sulfonamides is 1.